The van der Waals surface area contributed by atoms with Crippen molar-refractivity contribution in [2.45, 2.75) is 11.9 Å². The summed E-state index contributed by atoms with van der Waals surface area (Å²) in [6, 6.07) is 13.2. The van der Waals surface area contributed by atoms with Gasteiger partial charge in [-0.2, -0.15) is 0 Å². The third-order valence-electron chi connectivity index (χ3n) is 3.13. The number of hydrogen-bond acceptors (Lipinski definition) is 4. The molecule has 0 heterocycles. The van der Waals surface area contributed by atoms with E-state index < -0.39 is 5.97 Å². The van der Waals surface area contributed by atoms with Gasteiger partial charge >= 0.3 is 5.97 Å². The second kappa shape index (κ2) is 7.84. The summed E-state index contributed by atoms with van der Waals surface area (Å²) < 4.78 is 15.6. The number of halogens is 1. The third-order valence-corrected chi connectivity index (χ3v) is 3.77. The smallest absolute Gasteiger partial charge is 0.341 e. The topological polar surface area (TPSA) is 44.8 Å². The normalized spacial score (nSPS) is 10.1. The summed E-state index contributed by atoms with van der Waals surface area (Å²) in [5.74, 6) is 0.592. The van der Waals surface area contributed by atoms with Crippen LogP contribution in [0.3, 0.4) is 0 Å². The average Bonchev–Trinajstić information content (AvgIpc) is 2.59. The standard InChI is InChI=1S/C17H17BrO4/c1-20-16-7-6-14(9-15(16)17(19)21-2)22-11-13-5-3-4-12(8-13)10-18/h3-9H,10-11H2,1-2H3. The molecule has 0 amide bonds. The van der Waals surface area contributed by atoms with Crippen molar-refractivity contribution in [3.63, 3.8) is 0 Å². The van der Waals surface area contributed by atoms with Crippen molar-refractivity contribution in [2.75, 3.05) is 14.2 Å². The molecule has 4 nitrogen and oxygen atoms in total. The van der Waals surface area contributed by atoms with E-state index in [9.17, 15) is 4.79 Å². The van der Waals surface area contributed by atoms with Crippen molar-refractivity contribution in [1.29, 1.82) is 0 Å². The molecule has 0 aromatic heterocycles. The molecule has 0 aliphatic heterocycles. The molecule has 0 saturated carbocycles. The molecule has 0 fully saturated rings. The van der Waals surface area contributed by atoms with Gasteiger partial charge in [0.15, 0.2) is 0 Å². The van der Waals surface area contributed by atoms with E-state index in [0.29, 0.717) is 23.7 Å². The summed E-state index contributed by atoms with van der Waals surface area (Å²) in [7, 11) is 2.84. The van der Waals surface area contributed by atoms with Crippen LogP contribution in [-0.4, -0.2) is 20.2 Å². The molecule has 2 aromatic rings. The second-order valence-electron chi connectivity index (χ2n) is 4.60. The fourth-order valence-electron chi connectivity index (χ4n) is 2.02. The van der Waals surface area contributed by atoms with Gasteiger partial charge in [0.2, 0.25) is 0 Å². The van der Waals surface area contributed by atoms with Crippen molar-refractivity contribution >= 4 is 21.9 Å². The molecule has 0 unspecified atom stereocenters. The highest BCUT2D eigenvalue weighted by Gasteiger charge is 2.14. The lowest BCUT2D eigenvalue weighted by molar-refractivity contribution is 0.0596. The van der Waals surface area contributed by atoms with Crippen molar-refractivity contribution in [2.24, 2.45) is 0 Å². The number of rotatable bonds is 6. The van der Waals surface area contributed by atoms with Crippen molar-refractivity contribution in [3.05, 3.63) is 59.2 Å². The lowest BCUT2D eigenvalue weighted by atomic mass is 10.1. The lowest BCUT2D eigenvalue weighted by Crippen LogP contribution is -2.05. The van der Waals surface area contributed by atoms with Gasteiger partial charge in [0.25, 0.3) is 0 Å². The van der Waals surface area contributed by atoms with Crippen LogP contribution >= 0.6 is 15.9 Å². The van der Waals surface area contributed by atoms with Crippen LogP contribution in [0, 0.1) is 0 Å². The van der Waals surface area contributed by atoms with Gasteiger partial charge in [0.05, 0.1) is 14.2 Å². The van der Waals surface area contributed by atoms with Gasteiger partial charge in [-0.3, -0.25) is 0 Å². The Kier molecular flexibility index (Phi) is 5.83. The summed E-state index contributed by atoms with van der Waals surface area (Å²) in [5.41, 5.74) is 2.59. The first-order valence-electron chi connectivity index (χ1n) is 6.71. The highest BCUT2D eigenvalue weighted by atomic mass is 79.9. The lowest BCUT2D eigenvalue weighted by Gasteiger charge is -2.11. The van der Waals surface area contributed by atoms with E-state index in [4.69, 9.17) is 14.2 Å². The Labute approximate surface area is 138 Å². The maximum absolute atomic E-state index is 11.7. The van der Waals surface area contributed by atoms with Crippen molar-refractivity contribution < 1.29 is 19.0 Å². The molecule has 0 radical (unpaired) electrons. The van der Waals surface area contributed by atoms with E-state index in [1.807, 2.05) is 18.2 Å². The van der Waals surface area contributed by atoms with E-state index in [2.05, 4.69) is 22.0 Å². The van der Waals surface area contributed by atoms with Crippen LogP contribution in [0.25, 0.3) is 0 Å². The van der Waals surface area contributed by atoms with Gasteiger partial charge in [0, 0.05) is 5.33 Å². The maximum atomic E-state index is 11.7. The minimum Gasteiger partial charge on any atom is -0.496 e. The first-order chi connectivity index (χ1) is 10.7. The number of carbonyl (C=O) groups is 1. The molecule has 22 heavy (non-hydrogen) atoms. The molecule has 5 heteroatoms. The molecule has 0 bridgehead atoms. The number of esters is 1. The molecule has 0 spiro atoms. The quantitative estimate of drug-likeness (QED) is 0.574. The van der Waals surface area contributed by atoms with E-state index in [1.54, 1.807) is 18.2 Å². The predicted octanol–water partition coefficient (Wildman–Crippen LogP) is 3.96. The van der Waals surface area contributed by atoms with E-state index in [1.165, 1.54) is 19.8 Å². The second-order valence-corrected chi connectivity index (χ2v) is 5.16. The van der Waals surface area contributed by atoms with Gasteiger partial charge in [-0.25, -0.2) is 4.79 Å². The summed E-state index contributed by atoms with van der Waals surface area (Å²) in [4.78, 5) is 11.7. The van der Waals surface area contributed by atoms with Crippen LogP contribution in [0.5, 0.6) is 11.5 Å². The molecule has 0 atom stereocenters. The van der Waals surface area contributed by atoms with Crippen LogP contribution < -0.4 is 9.47 Å². The molecular formula is C17H17BrO4. The Hall–Kier alpha value is -2.01. The Morgan fingerprint density at radius 2 is 1.86 bits per heavy atom. The molecule has 2 rings (SSSR count). The Bertz CT molecular complexity index is 655. The SMILES string of the molecule is COC(=O)c1cc(OCc2cccc(CBr)c2)ccc1OC. The Morgan fingerprint density at radius 1 is 1.09 bits per heavy atom. The van der Waals surface area contributed by atoms with Crippen LogP contribution in [0.2, 0.25) is 0 Å². The zero-order valence-electron chi connectivity index (χ0n) is 12.5. The van der Waals surface area contributed by atoms with E-state index in [-0.39, 0.29) is 0 Å². The highest BCUT2D eigenvalue weighted by molar-refractivity contribution is 9.08. The van der Waals surface area contributed by atoms with Crippen molar-refractivity contribution in [3.8, 4) is 11.5 Å². The fraction of sp³-hybridized carbons (Fsp3) is 0.235. The van der Waals surface area contributed by atoms with Gasteiger partial charge in [-0.05, 0) is 29.3 Å². The first kappa shape index (κ1) is 16.4. The van der Waals surface area contributed by atoms with Crippen molar-refractivity contribution in [1.82, 2.24) is 0 Å². The molecule has 0 saturated heterocycles. The average molecular weight is 365 g/mol. The minimum absolute atomic E-state index is 0.344. The van der Waals surface area contributed by atoms with Gasteiger partial charge in [-0.1, -0.05) is 40.2 Å². The summed E-state index contributed by atoms with van der Waals surface area (Å²) >= 11 is 3.43. The van der Waals surface area contributed by atoms with Gasteiger partial charge in [0.1, 0.15) is 23.7 Å². The molecular weight excluding hydrogens is 348 g/mol. The third kappa shape index (κ3) is 4.01. The number of carbonyl (C=O) groups excluding carboxylic acids is 1. The number of methoxy groups -OCH3 is 2. The van der Waals surface area contributed by atoms with Gasteiger partial charge < -0.3 is 14.2 Å². The minimum atomic E-state index is -0.455. The molecule has 2 aromatic carbocycles. The Morgan fingerprint density at radius 3 is 2.55 bits per heavy atom. The largest absolute Gasteiger partial charge is 0.496 e. The summed E-state index contributed by atoms with van der Waals surface area (Å²) in [6.45, 7) is 0.424. The van der Waals surface area contributed by atoms with Crippen LogP contribution in [-0.2, 0) is 16.7 Å². The molecule has 0 aliphatic rings. The molecule has 116 valence electrons. The fourth-order valence-corrected chi connectivity index (χ4v) is 2.36. The number of benzene rings is 2. The number of hydrogen-bond donors (Lipinski definition) is 0. The van der Waals surface area contributed by atoms with E-state index in [0.717, 1.165) is 10.9 Å². The summed E-state index contributed by atoms with van der Waals surface area (Å²) in [5, 5.41) is 0.801. The Balaban J connectivity index is 2.14. The monoisotopic (exact) mass is 364 g/mol. The van der Waals surface area contributed by atoms with Crippen LogP contribution in [0.4, 0.5) is 0 Å². The highest BCUT2D eigenvalue weighted by Crippen LogP contribution is 2.25. The van der Waals surface area contributed by atoms with Crippen LogP contribution in [0.15, 0.2) is 42.5 Å². The predicted molar refractivity (Wildman–Crippen MR) is 87.7 cm³/mol. The summed E-state index contributed by atoms with van der Waals surface area (Å²) in [6.07, 6.45) is 0. The van der Waals surface area contributed by atoms with Gasteiger partial charge in [-0.15, -0.1) is 0 Å². The molecule has 0 N–H and O–H groups in total. The number of ether oxygens (including phenoxy) is 3. The zero-order chi connectivity index (χ0) is 15.9. The van der Waals surface area contributed by atoms with E-state index >= 15 is 0 Å². The number of alkyl halides is 1. The maximum Gasteiger partial charge on any atom is 0.341 e. The molecule has 0 aliphatic carbocycles. The first-order valence-corrected chi connectivity index (χ1v) is 7.83. The zero-order valence-corrected chi connectivity index (χ0v) is 14.1. The van der Waals surface area contributed by atoms with Crippen LogP contribution in [0.1, 0.15) is 21.5 Å².